The Kier molecular flexibility index (Phi) is 5.85. The Labute approximate surface area is 130 Å². The molecule has 1 aromatic carbocycles. The number of nitrogens with zero attached hydrogens (tertiary/aromatic N) is 1. The minimum Gasteiger partial charge on any atom is -0.395 e. The van der Waals surface area contributed by atoms with Gasteiger partial charge in [0.05, 0.1) is 11.6 Å². The standard InChI is InChI=1S/C16H22ClNOS/c1-3-12(4-2)18(9-10-19)11-15-16(17)13-7-5-6-8-14(13)20-15/h5-8,12,19H,3-4,9-11H2,1-2H3. The van der Waals surface area contributed by atoms with Crippen LogP contribution >= 0.6 is 22.9 Å². The molecule has 4 heteroatoms. The molecule has 0 fully saturated rings. The highest BCUT2D eigenvalue weighted by atomic mass is 35.5. The van der Waals surface area contributed by atoms with Crippen LogP contribution in [0.1, 0.15) is 31.6 Å². The van der Waals surface area contributed by atoms with Crippen LogP contribution in [0.15, 0.2) is 24.3 Å². The van der Waals surface area contributed by atoms with Crippen molar-refractivity contribution in [2.24, 2.45) is 0 Å². The zero-order valence-corrected chi connectivity index (χ0v) is 13.7. The number of hydrogen-bond acceptors (Lipinski definition) is 3. The van der Waals surface area contributed by atoms with Gasteiger partial charge in [0.15, 0.2) is 0 Å². The number of thiophene rings is 1. The van der Waals surface area contributed by atoms with Crippen molar-refractivity contribution in [2.75, 3.05) is 13.2 Å². The van der Waals surface area contributed by atoms with Gasteiger partial charge in [-0.05, 0) is 18.9 Å². The topological polar surface area (TPSA) is 23.5 Å². The van der Waals surface area contributed by atoms with E-state index in [1.807, 2.05) is 12.1 Å². The Bertz CT molecular complexity index is 550. The van der Waals surface area contributed by atoms with Gasteiger partial charge in [0, 0.05) is 34.1 Å². The maximum atomic E-state index is 9.29. The summed E-state index contributed by atoms with van der Waals surface area (Å²) in [6.07, 6.45) is 2.19. The molecule has 110 valence electrons. The molecule has 0 amide bonds. The van der Waals surface area contributed by atoms with Gasteiger partial charge in [-0.3, -0.25) is 4.90 Å². The molecule has 0 atom stereocenters. The van der Waals surface area contributed by atoms with Crippen molar-refractivity contribution in [3.05, 3.63) is 34.2 Å². The molecule has 2 rings (SSSR count). The third kappa shape index (κ3) is 3.34. The van der Waals surface area contributed by atoms with Gasteiger partial charge in [0.1, 0.15) is 0 Å². The van der Waals surface area contributed by atoms with Crippen molar-refractivity contribution in [3.8, 4) is 0 Å². The highest BCUT2D eigenvalue weighted by Gasteiger charge is 2.18. The quantitative estimate of drug-likeness (QED) is 0.811. The van der Waals surface area contributed by atoms with Crippen LogP contribution in [0, 0.1) is 0 Å². The van der Waals surface area contributed by atoms with Crippen molar-refractivity contribution in [1.82, 2.24) is 4.90 Å². The zero-order chi connectivity index (χ0) is 14.5. The summed E-state index contributed by atoms with van der Waals surface area (Å²) >= 11 is 8.27. The van der Waals surface area contributed by atoms with Crippen molar-refractivity contribution in [3.63, 3.8) is 0 Å². The van der Waals surface area contributed by atoms with Gasteiger partial charge in [0.25, 0.3) is 0 Å². The van der Waals surface area contributed by atoms with E-state index in [0.717, 1.165) is 29.8 Å². The van der Waals surface area contributed by atoms with Crippen LogP contribution < -0.4 is 0 Å². The fourth-order valence-electron chi connectivity index (χ4n) is 2.68. The first-order valence-electron chi connectivity index (χ1n) is 7.22. The molecule has 0 unspecified atom stereocenters. The Morgan fingerprint density at radius 2 is 1.95 bits per heavy atom. The molecule has 0 bridgehead atoms. The largest absolute Gasteiger partial charge is 0.395 e. The van der Waals surface area contributed by atoms with Gasteiger partial charge >= 0.3 is 0 Å². The number of rotatable bonds is 7. The summed E-state index contributed by atoms with van der Waals surface area (Å²) in [5, 5.41) is 11.3. The summed E-state index contributed by atoms with van der Waals surface area (Å²) in [7, 11) is 0. The van der Waals surface area contributed by atoms with E-state index in [0.29, 0.717) is 12.6 Å². The average Bonchev–Trinajstić information content (AvgIpc) is 2.78. The lowest BCUT2D eigenvalue weighted by Crippen LogP contribution is -2.36. The normalized spacial score (nSPS) is 11.9. The molecule has 0 saturated heterocycles. The summed E-state index contributed by atoms with van der Waals surface area (Å²) in [6, 6.07) is 8.76. The predicted octanol–water partition coefficient (Wildman–Crippen LogP) is 4.54. The number of hydrogen-bond donors (Lipinski definition) is 1. The summed E-state index contributed by atoms with van der Waals surface area (Å²) < 4.78 is 1.24. The zero-order valence-electron chi connectivity index (χ0n) is 12.1. The SMILES string of the molecule is CCC(CC)N(CCO)Cc1sc2ccccc2c1Cl. The fourth-order valence-corrected chi connectivity index (χ4v) is 4.19. The molecule has 1 heterocycles. The lowest BCUT2D eigenvalue weighted by molar-refractivity contribution is 0.138. The monoisotopic (exact) mass is 311 g/mol. The second-order valence-corrected chi connectivity index (χ2v) is 6.51. The van der Waals surface area contributed by atoms with Crippen LogP contribution in [0.3, 0.4) is 0 Å². The Hall–Kier alpha value is -0.610. The van der Waals surface area contributed by atoms with E-state index in [2.05, 4.69) is 30.9 Å². The molecule has 0 radical (unpaired) electrons. The number of fused-ring (bicyclic) bond motifs is 1. The number of aliphatic hydroxyl groups excluding tert-OH is 1. The lowest BCUT2D eigenvalue weighted by Gasteiger charge is -2.29. The molecule has 0 saturated carbocycles. The Morgan fingerprint density at radius 3 is 2.55 bits per heavy atom. The maximum Gasteiger partial charge on any atom is 0.0637 e. The molecule has 2 nitrogen and oxygen atoms in total. The summed E-state index contributed by atoms with van der Waals surface area (Å²) in [4.78, 5) is 3.55. The van der Waals surface area contributed by atoms with Crippen LogP contribution in [0.5, 0.6) is 0 Å². The third-order valence-electron chi connectivity index (χ3n) is 3.79. The van der Waals surface area contributed by atoms with Crippen molar-refractivity contribution in [1.29, 1.82) is 0 Å². The van der Waals surface area contributed by atoms with Crippen molar-refractivity contribution in [2.45, 2.75) is 39.3 Å². The molecule has 0 aliphatic heterocycles. The summed E-state index contributed by atoms with van der Waals surface area (Å²) in [6.45, 7) is 6.12. The van der Waals surface area contributed by atoms with E-state index in [9.17, 15) is 5.11 Å². The van der Waals surface area contributed by atoms with Gasteiger partial charge in [-0.2, -0.15) is 0 Å². The summed E-state index contributed by atoms with van der Waals surface area (Å²) in [5.41, 5.74) is 0. The van der Waals surface area contributed by atoms with E-state index in [-0.39, 0.29) is 6.61 Å². The second kappa shape index (κ2) is 7.41. The van der Waals surface area contributed by atoms with Gasteiger partial charge in [-0.15, -0.1) is 11.3 Å². The predicted molar refractivity (Wildman–Crippen MR) is 88.7 cm³/mol. The van der Waals surface area contributed by atoms with Crippen LogP contribution in [0.2, 0.25) is 5.02 Å². The van der Waals surface area contributed by atoms with E-state index in [1.165, 1.54) is 9.58 Å². The Morgan fingerprint density at radius 1 is 1.25 bits per heavy atom. The molecule has 1 N–H and O–H groups in total. The molecule has 20 heavy (non-hydrogen) atoms. The van der Waals surface area contributed by atoms with Crippen LogP contribution in [-0.2, 0) is 6.54 Å². The van der Waals surface area contributed by atoms with Crippen molar-refractivity contribution < 1.29 is 5.11 Å². The van der Waals surface area contributed by atoms with Gasteiger partial charge in [0.2, 0.25) is 0 Å². The summed E-state index contributed by atoms with van der Waals surface area (Å²) in [5.74, 6) is 0. The Balaban J connectivity index is 2.26. The first kappa shape index (κ1) is 15.8. The molecule has 0 aliphatic rings. The van der Waals surface area contributed by atoms with Gasteiger partial charge in [-0.1, -0.05) is 43.6 Å². The third-order valence-corrected chi connectivity index (χ3v) is 5.49. The number of aliphatic hydroxyl groups is 1. The van der Waals surface area contributed by atoms with E-state index >= 15 is 0 Å². The van der Waals surface area contributed by atoms with Crippen molar-refractivity contribution >= 4 is 33.0 Å². The number of benzene rings is 1. The van der Waals surface area contributed by atoms with Gasteiger partial charge in [-0.25, -0.2) is 0 Å². The molecular weight excluding hydrogens is 290 g/mol. The lowest BCUT2D eigenvalue weighted by atomic mass is 10.1. The molecule has 0 spiro atoms. The molecular formula is C16H22ClNOS. The van der Waals surface area contributed by atoms with E-state index < -0.39 is 0 Å². The first-order valence-corrected chi connectivity index (χ1v) is 8.41. The first-order chi connectivity index (χ1) is 9.71. The van der Waals surface area contributed by atoms with Crippen LogP contribution in [0.4, 0.5) is 0 Å². The average molecular weight is 312 g/mol. The minimum absolute atomic E-state index is 0.193. The van der Waals surface area contributed by atoms with E-state index in [1.54, 1.807) is 11.3 Å². The van der Waals surface area contributed by atoms with Crippen LogP contribution in [0.25, 0.3) is 10.1 Å². The smallest absolute Gasteiger partial charge is 0.0637 e. The van der Waals surface area contributed by atoms with E-state index in [4.69, 9.17) is 11.6 Å². The number of halogens is 1. The minimum atomic E-state index is 0.193. The highest BCUT2D eigenvalue weighted by molar-refractivity contribution is 7.19. The van der Waals surface area contributed by atoms with Crippen LogP contribution in [-0.4, -0.2) is 29.2 Å². The van der Waals surface area contributed by atoms with Gasteiger partial charge < -0.3 is 5.11 Å². The fraction of sp³-hybridized carbons (Fsp3) is 0.500. The molecule has 1 aromatic heterocycles. The molecule has 2 aromatic rings. The highest BCUT2D eigenvalue weighted by Crippen LogP contribution is 2.36. The second-order valence-electron chi connectivity index (χ2n) is 5.00. The molecule has 0 aliphatic carbocycles. The maximum absolute atomic E-state index is 9.29.